The molecule has 1 heterocycles. The third-order valence-electron chi connectivity index (χ3n) is 5.36. The Balaban J connectivity index is 0.000000692. The fourth-order valence-electron chi connectivity index (χ4n) is 3.54. The molecule has 2 rings (SSSR count). The van der Waals surface area contributed by atoms with E-state index in [1.807, 2.05) is 27.0 Å². The van der Waals surface area contributed by atoms with Crippen molar-refractivity contribution in [2.45, 2.75) is 77.8 Å². The normalized spacial score (nSPS) is 18.5. The first-order chi connectivity index (χ1) is 14.9. The van der Waals surface area contributed by atoms with Gasteiger partial charge in [0, 0.05) is 29.4 Å². The van der Waals surface area contributed by atoms with Crippen molar-refractivity contribution in [3.8, 4) is 6.07 Å². The van der Waals surface area contributed by atoms with Gasteiger partial charge in [0.15, 0.2) is 6.29 Å². The third-order valence-corrected chi connectivity index (χ3v) is 5.68. The van der Waals surface area contributed by atoms with Crippen LogP contribution in [0.4, 0.5) is 0 Å². The molecule has 1 aliphatic rings. The number of aliphatic imine (C=N–C) groups is 1. The number of halogens is 1. The predicted molar refractivity (Wildman–Crippen MR) is 133 cm³/mol. The highest BCUT2D eigenvalue weighted by Crippen LogP contribution is 2.43. The molecule has 0 aliphatic carbocycles. The van der Waals surface area contributed by atoms with E-state index in [2.05, 4.69) is 30.7 Å². The average Bonchev–Trinajstić information content (AvgIpc) is 3.13. The van der Waals surface area contributed by atoms with E-state index in [1.54, 1.807) is 36.5 Å². The van der Waals surface area contributed by atoms with Crippen LogP contribution in [0, 0.1) is 11.3 Å². The lowest BCUT2D eigenvalue weighted by Gasteiger charge is -2.33. The molecule has 1 aromatic rings. The molecule has 6 heteroatoms. The van der Waals surface area contributed by atoms with Crippen molar-refractivity contribution in [2.75, 3.05) is 14.1 Å². The van der Waals surface area contributed by atoms with Gasteiger partial charge in [-0.3, -0.25) is 4.99 Å². The SMILES string of the molecule is C=C1CCC(C=O)(c2ccc(C#N)cc2Cl)N1C=NC.CC.CCCCC(CC)NC. The van der Waals surface area contributed by atoms with Gasteiger partial charge in [-0.25, -0.2) is 0 Å². The van der Waals surface area contributed by atoms with E-state index in [0.717, 1.165) is 18.0 Å². The van der Waals surface area contributed by atoms with Gasteiger partial charge in [0.1, 0.15) is 5.54 Å². The Kier molecular flexibility index (Phi) is 14.5. The summed E-state index contributed by atoms with van der Waals surface area (Å²) in [5, 5.41) is 12.6. The summed E-state index contributed by atoms with van der Waals surface area (Å²) in [5.74, 6) is 0. The van der Waals surface area contributed by atoms with Gasteiger partial charge in [-0.2, -0.15) is 5.26 Å². The number of likely N-dealkylation sites (tertiary alicyclic amines) is 1. The zero-order chi connectivity index (χ0) is 23.9. The van der Waals surface area contributed by atoms with Crippen molar-refractivity contribution in [3.63, 3.8) is 0 Å². The Morgan fingerprint density at radius 2 is 2.10 bits per heavy atom. The zero-order valence-corrected chi connectivity index (χ0v) is 20.8. The number of benzene rings is 1. The Labute approximate surface area is 194 Å². The monoisotopic (exact) mass is 446 g/mol. The Morgan fingerprint density at radius 3 is 2.55 bits per heavy atom. The molecule has 0 bridgehead atoms. The summed E-state index contributed by atoms with van der Waals surface area (Å²) in [6, 6.07) is 7.75. The molecule has 2 unspecified atom stereocenters. The van der Waals surface area contributed by atoms with E-state index in [9.17, 15) is 4.79 Å². The van der Waals surface area contributed by atoms with E-state index >= 15 is 0 Å². The summed E-state index contributed by atoms with van der Waals surface area (Å²) >= 11 is 6.26. The minimum Gasteiger partial charge on any atom is -0.320 e. The molecule has 0 aromatic heterocycles. The number of hydrogen-bond donors (Lipinski definition) is 1. The van der Waals surface area contributed by atoms with Crippen molar-refractivity contribution >= 4 is 24.2 Å². The van der Waals surface area contributed by atoms with Crippen LogP contribution in [-0.4, -0.2) is 37.7 Å². The fourth-order valence-corrected chi connectivity index (χ4v) is 3.88. The molecular weight excluding hydrogens is 408 g/mol. The van der Waals surface area contributed by atoms with E-state index in [4.69, 9.17) is 16.9 Å². The van der Waals surface area contributed by atoms with E-state index in [1.165, 1.54) is 25.7 Å². The maximum Gasteiger partial charge on any atom is 0.150 e. The highest BCUT2D eigenvalue weighted by atomic mass is 35.5. The molecule has 2 atom stereocenters. The first kappa shape index (κ1) is 28.8. The second-order valence-electron chi connectivity index (χ2n) is 7.19. The van der Waals surface area contributed by atoms with Crippen molar-refractivity contribution in [2.24, 2.45) is 4.99 Å². The summed E-state index contributed by atoms with van der Waals surface area (Å²) in [5.41, 5.74) is 1.07. The van der Waals surface area contributed by atoms with Crippen molar-refractivity contribution in [1.82, 2.24) is 10.2 Å². The fraction of sp³-hybridized carbons (Fsp3) is 0.560. The Hall–Kier alpha value is -2.16. The molecule has 0 saturated carbocycles. The average molecular weight is 447 g/mol. The van der Waals surface area contributed by atoms with Crippen LogP contribution < -0.4 is 5.32 Å². The second-order valence-corrected chi connectivity index (χ2v) is 7.60. The smallest absolute Gasteiger partial charge is 0.150 e. The molecule has 1 aliphatic heterocycles. The maximum atomic E-state index is 11.8. The van der Waals surface area contributed by atoms with Crippen molar-refractivity contribution in [1.29, 1.82) is 5.26 Å². The minimum absolute atomic E-state index is 0.403. The van der Waals surface area contributed by atoms with Gasteiger partial charge in [-0.1, -0.05) is 64.8 Å². The molecular formula is C25H39ClN4O. The summed E-state index contributed by atoms with van der Waals surface area (Å²) < 4.78 is 0. The second kappa shape index (κ2) is 15.6. The lowest BCUT2D eigenvalue weighted by molar-refractivity contribution is -0.115. The van der Waals surface area contributed by atoms with Crippen molar-refractivity contribution < 1.29 is 4.79 Å². The van der Waals surface area contributed by atoms with Crippen LogP contribution in [0.2, 0.25) is 5.02 Å². The van der Waals surface area contributed by atoms with Gasteiger partial charge in [-0.05, 0) is 44.9 Å². The first-order valence-corrected chi connectivity index (χ1v) is 11.5. The summed E-state index contributed by atoms with van der Waals surface area (Å²) in [4.78, 5) is 17.5. The molecule has 1 N–H and O–H groups in total. The predicted octanol–water partition coefficient (Wildman–Crippen LogP) is 6.07. The van der Waals surface area contributed by atoms with E-state index in [0.29, 0.717) is 29.0 Å². The molecule has 0 spiro atoms. The maximum absolute atomic E-state index is 11.8. The quantitative estimate of drug-likeness (QED) is 0.298. The summed E-state index contributed by atoms with van der Waals surface area (Å²) in [6.07, 6.45) is 9.03. The number of hydrogen-bond acceptors (Lipinski definition) is 4. The minimum atomic E-state index is -0.887. The molecule has 1 aromatic carbocycles. The number of unbranched alkanes of at least 4 members (excludes halogenated alkanes) is 1. The van der Waals surface area contributed by atoms with Crippen LogP contribution in [0.1, 0.15) is 77.3 Å². The topological polar surface area (TPSA) is 68.5 Å². The molecule has 5 nitrogen and oxygen atoms in total. The number of nitrogens with zero attached hydrogens (tertiary/aromatic N) is 3. The van der Waals surface area contributed by atoms with Gasteiger partial charge in [-0.15, -0.1) is 0 Å². The number of allylic oxidation sites excluding steroid dienone is 1. The molecule has 1 fully saturated rings. The largest absolute Gasteiger partial charge is 0.320 e. The van der Waals surface area contributed by atoms with Crippen LogP contribution in [0.5, 0.6) is 0 Å². The number of aldehydes is 1. The van der Waals surface area contributed by atoms with Gasteiger partial charge >= 0.3 is 0 Å². The number of carbonyl (C=O) groups excluding carboxylic acids is 1. The van der Waals surface area contributed by atoms with Gasteiger partial charge in [0.2, 0.25) is 0 Å². The van der Waals surface area contributed by atoms with Crippen LogP contribution in [0.25, 0.3) is 0 Å². The zero-order valence-electron chi connectivity index (χ0n) is 20.0. The van der Waals surface area contributed by atoms with Gasteiger partial charge in [0.25, 0.3) is 0 Å². The van der Waals surface area contributed by atoms with E-state index < -0.39 is 5.54 Å². The lowest BCUT2D eigenvalue weighted by Crippen LogP contribution is -2.41. The number of rotatable bonds is 8. The van der Waals surface area contributed by atoms with Crippen LogP contribution in [-0.2, 0) is 10.3 Å². The Morgan fingerprint density at radius 1 is 1.42 bits per heavy atom. The van der Waals surface area contributed by atoms with Crippen molar-refractivity contribution in [3.05, 3.63) is 46.6 Å². The highest BCUT2D eigenvalue weighted by molar-refractivity contribution is 6.31. The number of nitrogens with one attached hydrogen (secondary N) is 1. The van der Waals surface area contributed by atoms with Crippen LogP contribution >= 0.6 is 11.6 Å². The van der Waals surface area contributed by atoms with Crippen LogP contribution in [0.3, 0.4) is 0 Å². The standard InChI is InChI=1S/C15H14ClN3O.C8H19N.C2H6/c1-11-5-6-15(9-20,19(11)10-18-2)13-4-3-12(8-17)7-14(13)16;1-4-6-7-8(5-2)9-3;1-2/h3-4,7,9-10H,1,5-6H2,2H3;8-9H,4-7H2,1-3H3;1-2H3. The summed E-state index contributed by atoms with van der Waals surface area (Å²) in [6.45, 7) is 12.4. The molecule has 1 saturated heterocycles. The Bertz CT molecular complexity index is 752. The van der Waals surface area contributed by atoms with Crippen LogP contribution in [0.15, 0.2) is 35.5 Å². The first-order valence-electron chi connectivity index (χ1n) is 11.2. The molecule has 172 valence electrons. The molecule has 0 amide bonds. The molecule has 0 radical (unpaired) electrons. The van der Waals surface area contributed by atoms with E-state index in [-0.39, 0.29) is 0 Å². The lowest BCUT2D eigenvalue weighted by atomic mass is 9.88. The highest BCUT2D eigenvalue weighted by Gasteiger charge is 2.44. The van der Waals surface area contributed by atoms with Gasteiger partial charge < -0.3 is 15.0 Å². The summed E-state index contributed by atoms with van der Waals surface area (Å²) in [7, 11) is 3.69. The number of nitriles is 1. The third kappa shape index (κ3) is 7.79. The number of carbonyl (C=O) groups is 1. The van der Waals surface area contributed by atoms with Gasteiger partial charge in [0.05, 0.1) is 18.0 Å². The molecule has 31 heavy (non-hydrogen) atoms.